The monoisotopic (exact) mass is 260 g/mol. The molecule has 0 aliphatic rings. The van der Waals surface area contributed by atoms with Gasteiger partial charge in [-0.05, 0) is 33.6 Å². The third kappa shape index (κ3) is 3.20. The van der Waals surface area contributed by atoms with E-state index in [0.29, 0.717) is 9.51 Å². The zero-order valence-corrected chi connectivity index (χ0v) is 8.84. The van der Waals surface area contributed by atoms with Crippen molar-refractivity contribution in [3.8, 4) is 0 Å². The summed E-state index contributed by atoms with van der Waals surface area (Å²) in [6.45, 7) is 0. The molecule has 1 aromatic carbocycles. The lowest BCUT2D eigenvalue weighted by Crippen LogP contribution is -1.88. The molecule has 0 unspecified atom stereocenters. The largest absolute Gasteiger partial charge is 0.478 e. The maximum absolute atomic E-state index is 10.3. The van der Waals surface area contributed by atoms with E-state index in [1.165, 1.54) is 0 Å². The van der Waals surface area contributed by atoms with Gasteiger partial charge in [0, 0.05) is 15.6 Å². The molecule has 1 aromatic rings. The Kier molecular flexibility index (Phi) is 3.51. The van der Waals surface area contributed by atoms with Crippen LogP contribution in [-0.4, -0.2) is 11.1 Å². The predicted molar refractivity (Wildman–Crippen MR) is 56.0 cm³/mol. The Balaban J connectivity index is 2.96. The molecule has 0 radical (unpaired) electrons. The topological polar surface area (TPSA) is 37.3 Å². The zero-order valence-electron chi connectivity index (χ0n) is 6.50. The van der Waals surface area contributed by atoms with Crippen LogP contribution in [0.2, 0.25) is 5.02 Å². The third-order valence-electron chi connectivity index (χ3n) is 1.37. The standard InChI is InChI=1S/C9H6BrClO2/c10-8(5-9(12)13)6-1-3-7(11)4-2-6/h1-5H,(H,12,13)/b8-5-. The molecule has 0 amide bonds. The average molecular weight is 262 g/mol. The molecule has 0 aliphatic heterocycles. The molecule has 0 heterocycles. The molecule has 0 atom stereocenters. The smallest absolute Gasteiger partial charge is 0.329 e. The number of carbonyl (C=O) groups is 1. The van der Waals surface area contributed by atoms with Crippen LogP contribution in [-0.2, 0) is 4.79 Å². The second-order valence-electron chi connectivity index (χ2n) is 2.34. The quantitative estimate of drug-likeness (QED) is 0.830. The van der Waals surface area contributed by atoms with Gasteiger partial charge in [0.15, 0.2) is 0 Å². The molecule has 0 aromatic heterocycles. The maximum Gasteiger partial charge on any atom is 0.329 e. The Bertz CT molecular complexity index is 343. The molecule has 1 rings (SSSR count). The molecular formula is C9H6BrClO2. The van der Waals surface area contributed by atoms with Crippen molar-refractivity contribution in [3.63, 3.8) is 0 Å². The summed E-state index contributed by atoms with van der Waals surface area (Å²) in [5.74, 6) is -0.984. The zero-order chi connectivity index (χ0) is 9.84. The Morgan fingerprint density at radius 2 is 1.92 bits per heavy atom. The fourth-order valence-electron chi connectivity index (χ4n) is 0.801. The van der Waals surface area contributed by atoms with Gasteiger partial charge in [0.2, 0.25) is 0 Å². The van der Waals surface area contributed by atoms with E-state index in [9.17, 15) is 4.79 Å². The highest BCUT2D eigenvalue weighted by Crippen LogP contribution is 2.22. The van der Waals surface area contributed by atoms with E-state index >= 15 is 0 Å². The number of halogens is 2. The minimum absolute atomic E-state index is 0.525. The highest BCUT2D eigenvalue weighted by Gasteiger charge is 1.99. The molecule has 0 spiro atoms. The SMILES string of the molecule is O=C(O)/C=C(\Br)c1ccc(Cl)cc1. The maximum atomic E-state index is 10.3. The van der Waals surface area contributed by atoms with Crippen molar-refractivity contribution < 1.29 is 9.90 Å². The van der Waals surface area contributed by atoms with Crippen LogP contribution < -0.4 is 0 Å². The number of benzene rings is 1. The van der Waals surface area contributed by atoms with Crippen molar-refractivity contribution in [1.82, 2.24) is 0 Å². The van der Waals surface area contributed by atoms with Crippen LogP contribution in [0.1, 0.15) is 5.56 Å². The van der Waals surface area contributed by atoms with Crippen LogP contribution in [0.3, 0.4) is 0 Å². The normalized spacial score (nSPS) is 11.4. The molecule has 4 heteroatoms. The minimum Gasteiger partial charge on any atom is -0.478 e. The second-order valence-corrected chi connectivity index (χ2v) is 3.63. The fourth-order valence-corrected chi connectivity index (χ4v) is 1.39. The van der Waals surface area contributed by atoms with Crippen molar-refractivity contribution in [3.05, 3.63) is 40.9 Å². The van der Waals surface area contributed by atoms with Gasteiger partial charge in [0.05, 0.1) is 0 Å². The van der Waals surface area contributed by atoms with Crippen molar-refractivity contribution in [2.75, 3.05) is 0 Å². The molecular weight excluding hydrogens is 255 g/mol. The van der Waals surface area contributed by atoms with Crippen molar-refractivity contribution in [2.24, 2.45) is 0 Å². The first-order chi connectivity index (χ1) is 6.09. The van der Waals surface area contributed by atoms with Gasteiger partial charge in [0.25, 0.3) is 0 Å². The Hall–Kier alpha value is -0.800. The van der Waals surface area contributed by atoms with E-state index in [2.05, 4.69) is 15.9 Å². The highest BCUT2D eigenvalue weighted by molar-refractivity contribution is 9.15. The summed E-state index contributed by atoms with van der Waals surface area (Å²) in [6, 6.07) is 6.89. The Labute approximate surface area is 89.0 Å². The first kappa shape index (κ1) is 10.3. The van der Waals surface area contributed by atoms with Gasteiger partial charge < -0.3 is 5.11 Å². The lowest BCUT2D eigenvalue weighted by atomic mass is 10.2. The molecule has 68 valence electrons. The fraction of sp³-hybridized carbons (Fsp3) is 0. The lowest BCUT2D eigenvalue weighted by molar-refractivity contribution is -0.131. The molecule has 0 aliphatic carbocycles. The number of carboxylic acids is 1. The van der Waals surface area contributed by atoms with Gasteiger partial charge in [-0.25, -0.2) is 4.79 Å². The number of rotatable bonds is 2. The second kappa shape index (κ2) is 4.44. The van der Waals surface area contributed by atoms with E-state index < -0.39 is 5.97 Å². The van der Waals surface area contributed by atoms with Gasteiger partial charge in [-0.15, -0.1) is 0 Å². The van der Waals surface area contributed by atoms with E-state index in [4.69, 9.17) is 16.7 Å². The van der Waals surface area contributed by atoms with Gasteiger partial charge in [-0.3, -0.25) is 0 Å². The summed E-state index contributed by atoms with van der Waals surface area (Å²) in [5.41, 5.74) is 0.784. The minimum atomic E-state index is -0.984. The van der Waals surface area contributed by atoms with Gasteiger partial charge in [0.1, 0.15) is 0 Å². The summed E-state index contributed by atoms with van der Waals surface area (Å²) in [6.07, 6.45) is 1.09. The summed E-state index contributed by atoms with van der Waals surface area (Å²) in [7, 11) is 0. The van der Waals surface area contributed by atoms with Crippen LogP contribution in [0.25, 0.3) is 4.48 Å². The average Bonchev–Trinajstić information content (AvgIpc) is 2.04. The number of carboxylic acid groups (broad SMARTS) is 1. The van der Waals surface area contributed by atoms with E-state index in [1.54, 1.807) is 24.3 Å². The summed E-state index contributed by atoms with van der Waals surface area (Å²) in [4.78, 5) is 10.3. The molecule has 0 bridgehead atoms. The third-order valence-corrected chi connectivity index (χ3v) is 2.31. The van der Waals surface area contributed by atoms with Crippen molar-refractivity contribution in [1.29, 1.82) is 0 Å². The van der Waals surface area contributed by atoms with Gasteiger partial charge in [-0.2, -0.15) is 0 Å². The van der Waals surface area contributed by atoms with E-state index in [-0.39, 0.29) is 0 Å². The summed E-state index contributed by atoms with van der Waals surface area (Å²) >= 11 is 8.82. The van der Waals surface area contributed by atoms with Gasteiger partial charge in [-0.1, -0.05) is 23.7 Å². The van der Waals surface area contributed by atoms with Gasteiger partial charge >= 0.3 is 5.97 Å². The van der Waals surface area contributed by atoms with Crippen molar-refractivity contribution in [2.45, 2.75) is 0 Å². The first-order valence-corrected chi connectivity index (χ1v) is 4.63. The number of aliphatic carboxylic acids is 1. The first-order valence-electron chi connectivity index (χ1n) is 3.45. The number of hydrogen-bond donors (Lipinski definition) is 1. The predicted octanol–water partition coefficient (Wildman–Crippen LogP) is 3.16. The van der Waals surface area contributed by atoms with Crippen LogP contribution in [0.4, 0.5) is 0 Å². The lowest BCUT2D eigenvalue weighted by Gasteiger charge is -1.97. The summed E-state index contributed by atoms with van der Waals surface area (Å²) in [5, 5.41) is 9.09. The summed E-state index contributed by atoms with van der Waals surface area (Å²) < 4.78 is 0.525. The highest BCUT2D eigenvalue weighted by atomic mass is 79.9. The van der Waals surface area contributed by atoms with Crippen LogP contribution >= 0.6 is 27.5 Å². The Morgan fingerprint density at radius 1 is 1.38 bits per heavy atom. The molecule has 0 saturated heterocycles. The van der Waals surface area contributed by atoms with Crippen LogP contribution in [0.15, 0.2) is 30.3 Å². The number of hydrogen-bond acceptors (Lipinski definition) is 1. The molecule has 13 heavy (non-hydrogen) atoms. The van der Waals surface area contributed by atoms with Crippen LogP contribution in [0, 0.1) is 0 Å². The van der Waals surface area contributed by atoms with Crippen molar-refractivity contribution >= 4 is 38.0 Å². The Morgan fingerprint density at radius 3 is 2.38 bits per heavy atom. The molecule has 0 fully saturated rings. The van der Waals surface area contributed by atoms with E-state index in [1.807, 2.05) is 0 Å². The molecule has 1 N–H and O–H groups in total. The van der Waals surface area contributed by atoms with E-state index in [0.717, 1.165) is 11.6 Å². The molecule has 0 saturated carbocycles. The molecule has 2 nitrogen and oxygen atoms in total. The van der Waals surface area contributed by atoms with Crippen LogP contribution in [0.5, 0.6) is 0 Å².